The van der Waals surface area contributed by atoms with Crippen molar-refractivity contribution in [3.63, 3.8) is 0 Å². The second-order valence-corrected chi connectivity index (χ2v) is 5.44. The Morgan fingerprint density at radius 2 is 2.26 bits per heavy atom. The van der Waals surface area contributed by atoms with Crippen molar-refractivity contribution >= 4 is 23.4 Å². The number of methoxy groups -OCH3 is 1. The summed E-state index contributed by atoms with van der Waals surface area (Å²) in [5.74, 6) is 0.751. The molecular formula is C13H20N2O3S. The number of benzene rings is 1. The number of aliphatic hydroxyl groups is 1. The summed E-state index contributed by atoms with van der Waals surface area (Å²) in [5, 5.41) is 12.7. The third-order valence-corrected chi connectivity index (χ3v) is 3.49. The zero-order chi connectivity index (χ0) is 14.5. The lowest BCUT2D eigenvalue weighted by atomic mass is 10.1. The van der Waals surface area contributed by atoms with Crippen LogP contribution in [0.2, 0.25) is 0 Å². The van der Waals surface area contributed by atoms with Crippen molar-refractivity contribution in [2.75, 3.05) is 31.4 Å². The summed E-state index contributed by atoms with van der Waals surface area (Å²) in [7, 11) is 1.50. The Morgan fingerprint density at radius 1 is 1.58 bits per heavy atom. The monoisotopic (exact) mass is 284 g/mol. The molecule has 106 valence electrons. The molecule has 0 saturated carbocycles. The van der Waals surface area contributed by atoms with Crippen molar-refractivity contribution in [2.45, 2.75) is 12.5 Å². The van der Waals surface area contributed by atoms with Crippen LogP contribution in [0, 0.1) is 0 Å². The molecule has 1 atom stereocenters. The van der Waals surface area contributed by atoms with Crippen molar-refractivity contribution < 1.29 is 14.6 Å². The summed E-state index contributed by atoms with van der Waals surface area (Å²) in [5.41, 5.74) is 5.69. The summed E-state index contributed by atoms with van der Waals surface area (Å²) < 4.78 is 5.06. The molecule has 0 aliphatic rings. The van der Waals surface area contributed by atoms with Gasteiger partial charge in [-0.3, -0.25) is 4.79 Å². The molecular weight excluding hydrogens is 264 g/mol. The van der Waals surface area contributed by atoms with Crippen LogP contribution in [0.3, 0.4) is 0 Å². The number of amides is 1. The second kappa shape index (κ2) is 6.68. The van der Waals surface area contributed by atoms with Crippen LogP contribution in [0.15, 0.2) is 18.2 Å². The van der Waals surface area contributed by atoms with Crippen molar-refractivity contribution in [2.24, 2.45) is 0 Å². The van der Waals surface area contributed by atoms with E-state index in [0.29, 0.717) is 22.8 Å². The lowest BCUT2D eigenvalue weighted by molar-refractivity contribution is 0.0725. The first kappa shape index (κ1) is 15.7. The minimum Gasteiger partial charge on any atom is -0.495 e. The van der Waals surface area contributed by atoms with Gasteiger partial charge in [-0.2, -0.15) is 11.8 Å². The predicted octanol–water partition coefficient (Wildman–Crippen LogP) is 1.12. The third-order valence-electron chi connectivity index (χ3n) is 2.58. The molecule has 0 aliphatic carbocycles. The SMILES string of the molecule is COc1cc(C(=O)NCC(C)(O)CSC)ccc1N. The Hall–Kier alpha value is -1.40. The van der Waals surface area contributed by atoms with Crippen LogP contribution in [-0.4, -0.2) is 42.3 Å². The molecule has 0 fully saturated rings. The lowest BCUT2D eigenvalue weighted by Crippen LogP contribution is -2.42. The minimum absolute atomic E-state index is 0.194. The van der Waals surface area contributed by atoms with Gasteiger partial charge in [-0.05, 0) is 31.4 Å². The van der Waals surface area contributed by atoms with Crippen LogP contribution >= 0.6 is 11.8 Å². The van der Waals surface area contributed by atoms with Crippen molar-refractivity contribution in [3.8, 4) is 5.75 Å². The zero-order valence-electron chi connectivity index (χ0n) is 11.4. The number of rotatable bonds is 6. The Balaban J connectivity index is 2.68. The molecule has 5 nitrogen and oxygen atoms in total. The largest absolute Gasteiger partial charge is 0.495 e. The number of carbonyl (C=O) groups excluding carboxylic acids is 1. The van der Waals surface area contributed by atoms with Crippen LogP contribution in [-0.2, 0) is 0 Å². The fraction of sp³-hybridized carbons (Fsp3) is 0.462. The molecule has 0 heterocycles. The van der Waals surface area contributed by atoms with Gasteiger partial charge in [-0.15, -0.1) is 0 Å². The van der Waals surface area contributed by atoms with E-state index in [0.717, 1.165) is 0 Å². The van der Waals surface area contributed by atoms with Gasteiger partial charge in [0.1, 0.15) is 5.75 Å². The van der Waals surface area contributed by atoms with E-state index in [2.05, 4.69) is 5.32 Å². The first-order valence-electron chi connectivity index (χ1n) is 5.82. The highest BCUT2D eigenvalue weighted by Crippen LogP contribution is 2.22. The molecule has 1 amide bonds. The highest BCUT2D eigenvalue weighted by atomic mass is 32.2. The topological polar surface area (TPSA) is 84.6 Å². The van der Waals surface area contributed by atoms with E-state index in [4.69, 9.17) is 10.5 Å². The van der Waals surface area contributed by atoms with E-state index in [-0.39, 0.29) is 12.5 Å². The molecule has 0 bridgehead atoms. The Bertz CT molecular complexity index is 450. The van der Waals surface area contributed by atoms with Crippen LogP contribution in [0.25, 0.3) is 0 Å². The number of carbonyl (C=O) groups is 1. The highest BCUT2D eigenvalue weighted by molar-refractivity contribution is 7.98. The molecule has 0 spiro atoms. The number of nitrogen functional groups attached to an aromatic ring is 1. The van der Waals surface area contributed by atoms with E-state index in [9.17, 15) is 9.90 Å². The number of hydrogen-bond acceptors (Lipinski definition) is 5. The van der Waals surface area contributed by atoms with E-state index < -0.39 is 5.60 Å². The van der Waals surface area contributed by atoms with Gasteiger partial charge < -0.3 is 20.9 Å². The highest BCUT2D eigenvalue weighted by Gasteiger charge is 2.21. The van der Waals surface area contributed by atoms with Crippen LogP contribution in [0.1, 0.15) is 17.3 Å². The smallest absolute Gasteiger partial charge is 0.251 e. The average Bonchev–Trinajstić information content (AvgIpc) is 2.36. The molecule has 4 N–H and O–H groups in total. The number of anilines is 1. The van der Waals surface area contributed by atoms with Crippen molar-refractivity contribution in [1.82, 2.24) is 5.32 Å². The number of hydrogen-bond donors (Lipinski definition) is 3. The quantitative estimate of drug-likeness (QED) is 0.682. The number of thioether (sulfide) groups is 1. The normalized spacial score (nSPS) is 13.7. The van der Waals surface area contributed by atoms with Crippen molar-refractivity contribution in [1.29, 1.82) is 0 Å². The third kappa shape index (κ3) is 4.65. The van der Waals surface area contributed by atoms with Crippen molar-refractivity contribution in [3.05, 3.63) is 23.8 Å². The van der Waals surface area contributed by atoms with Gasteiger partial charge in [-0.1, -0.05) is 0 Å². The lowest BCUT2D eigenvalue weighted by Gasteiger charge is -2.22. The molecule has 6 heteroatoms. The standard InChI is InChI=1S/C13H20N2O3S/c1-13(17,8-19-3)7-15-12(16)9-4-5-10(14)11(6-9)18-2/h4-6,17H,7-8,14H2,1-3H3,(H,15,16). The van der Waals surface area contributed by atoms with Crippen LogP contribution in [0.5, 0.6) is 5.75 Å². The summed E-state index contributed by atoms with van der Waals surface area (Å²) in [6.45, 7) is 1.88. The second-order valence-electron chi connectivity index (χ2n) is 4.57. The summed E-state index contributed by atoms with van der Waals surface area (Å²) >= 11 is 1.53. The van der Waals surface area contributed by atoms with Gasteiger partial charge in [0.25, 0.3) is 5.91 Å². The fourth-order valence-corrected chi connectivity index (χ4v) is 2.31. The minimum atomic E-state index is -0.924. The first-order chi connectivity index (χ1) is 8.89. The van der Waals surface area contributed by atoms with Crippen LogP contribution in [0.4, 0.5) is 5.69 Å². The van der Waals surface area contributed by atoms with E-state index in [1.54, 1.807) is 25.1 Å². The Kier molecular flexibility index (Phi) is 5.50. The van der Waals surface area contributed by atoms with Gasteiger partial charge >= 0.3 is 0 Å². The zero-order valence-corrected chi connectivity index (χ0v) is 12.2. The molecule has 0 saturated heterocycles. The van der Waals surface area contributed by atoms with Gasteiger partial charge in [0.15, 0.2) is 0 Å². The van der Waals surface area contributed by atoms with E-state index >= 15 is 0 Å². The Morgan fingerprint density at radius 3 is 2.84 bits per heavy atom. The number of nitrogens with one attached hydrogen (secondary N) is 1. The maximum atomic E-state index is 11.9. The molecule has 0 aromatic heterocycles. The predicted molar refractivity (Wildman–Crippen MR) is 78.7 cm³/mol. The van der Waals surface area contributed by atoms with E-state index in [1.807, 2.05) is 6.26 Å². The average molecular weight is 284 g/mol. The maximum Gasteiger partial charge on any atom is 0.251 e. The van der Waals surface area contributed by atoms with Crippen LogP contribution < -0.4 is 15.8 Å². The fourth-order valence-electron chi connectivity index (χ4n) is 1.59. The summed E-state index contributed by atoms with van der Waals surface area (Å²) in [6, 6.07) is 4.82. The van der Waals surface area contributed by atoms with Gasteiger partial charge in [0.2, 0.25) is 0 Å². The molecule has 0 aliphatic heterocycles. The van der Waals surface area contributed by atoms with E-state index in [1.165, 1.54) is 18.9 Å². The first-order valence-corrected chi connectivity index (χ1v) is 7.22. The van der Waals surface area contributed by atoms with Gasteiger partial charge in [-0.25, -0.2) is 0 Å². The molecule has 1 aromatic rings. The number of ether oxygens (including phenoxy) is 1. The molecule has 0 radical (unpaired) electrons. The molecule has 1 rings (SSSR count). The molecule has 1 aromatic carbocycles. The summed E-state index contributed by atoms with van der Waals surface area (Å²) in [6.07, 6.45) is 1.90. The van der Waals surface area contributed by atoms with Gasteiger partial charge in [0, 0.05) is 17.9 Å². The molecule has 19 heavy (non-hydrogen) atoms. The number of nitrogens with two attached hydrogens (primary N) is 1. The Labute approximate surface area is 117 Å². The summed E-state index contributed by atoms with van der Waals surface area (Å²) in [4.78, 5) is 11.9. The maximum absolute atomic E-state index is 11.9. The molecule has 1 unspecified atom stereocenters. The van der Waals surface area contributed by atoms with Gasteiger partial charge in [0.05, 0.1) is 18.4 Å².